The minimum atomic E-state index is -0.445. The number of nitrogens with zero attached hydrogens (tertiary/aromatic N) is 2. The van der Waals surface area contributed by atoms with Gasteiger partial charge in [0.15, 0.2) is 0 Å². The lowest BCUT2D eigenvalue weighted by atomic mass is 9.97. The van der Waals surface area contributed by atoms with E-state index >= 15 is 0 Å². The van der Waals surface area contributed by atoms with Gasteiger partial charge in [0.05, 0.1) is 12.5 Å². The average molecular weight is 319 g/mol. The van der Waals surface area contributed by atoms with Crippen LogP contribution in [-0.2, 0) is 11.3 Å². The first-order chi connectivity index (χ1) is 11.0. The second kappa shape index (κ2) is 6.26. The van der Waals surface area contributed by atoms with Crippen LogP contribution in [0.25, 0.3) is 0 Å². The van der Waals surface area contributed by atoms with Crippen molar-refractivity contribution >= 4 is 11.9 Å². The van der Waals surface area contributed by atoms with E-state index in [9.17, 15) is 9.59 Å². The molecule has 0 radical (unpaired) electrons. The minimum Gasteiger partial charge on any atom is -0.464 e. The Morgan fingerprint density at radius 1 is 1.43 bits per heavy atom. The summed E-state index contributed by atoms with van der Waals surface area (Å²) in [7, 11) is 1.79. The number of urea groups is 1. The number of likely N-dealkylation sites (tertiary alicyclic amines) is 1. The second-order valence-electron chi connectivity index (χ2n) is 6.94. The molecule has 2 aliphatic rings. The van der Waals surface area contributed by atoms with Gasteiger partial charge in [-0.1, -0.05) is 6.92 Å². The third kappa shape index (κ3) is 3.51. The van der Waals surface area contributed by atoms with Crippen LogP contribution in [0.1, 0.15) is 43.6 Å². The predicted octanol–water partition coefficient (Wildman–Crippen LogP) is 2.15. The van der Waals surface area contributed by atoms with Crippen molar-refractivity contribution in [1.29, 1.82) is 0 Å². The van der Waals surface area contributed by atoms with Gasteiger partial charge >= 0.3 is 6.03 Å². The Labute approximate surface area is 136 Å². The van der Waals surface area contributed by atoms with Gasteiger partial charge in [0.25, 0.3) is 0 Å². The Morgan fingerprint density at radius 3 is 2.83 bits per heavy atom. The molecule has 1 saturated heterocycles. The normalized spacial score (nSPS) is 26.9. The van der Waals surface area contributed by atoms with E-state index in [2.05, 4.69) is 6.92 Å². The van der Waals surface area contributed by atoms with E-state index in [1.54, 1.807) is 16.8 Å². The van der Waals surface area contributed by atoms with Crippen molar-refractivity contribution < 1.29 is 14.0 Å². The number of primary amides is 1. The first-order valence-electron chi connectivity index (χ1n) is 8.33. The molecule has 0 unspecified atom stereocenters. The van der Waals surface area contributed by atoms with Gasteiger partial charge in [0, 0.05) is 26.1 Å². The van der Waals surface area contributed by atoms with Crippen LogP contribution in [0.5, 0.6) is 0 Å². The maximum absolute atomic E-state index is 12.6. The number of piperidine rings is 1. The van der Waals surface area contributed by atoms with Crippen molar-refractivity contribution in [2.75, 3.05) is 20.1 Å². The molecule has 0 aromatic carbocycles. The standard InChI is InChI=1S/C17H25N3O3/c1-11-8-14(11)15-6-5-13(23-15)10-19(2)16(21)12-4-3-7-20(9-12)17(18)22/h5-6,11-12,14H,3-4,7-10H2,1-2H3,(H2,18,22)/t11-,12+,14+/m1/s1. The quantitative estimate of drug-likeness (QED) is 0.923. The van der Waals surface area contributed by atoms with Gasteiger partial charge in [-0.15, -0.1) is 0 Å². The molecule has 0 spiro atoms. The number of rotatable bonds is 4. The number of carbonyl (C=O) groups is 2. The third-order valence-electron chi connectivity index (χ3n) is 5.01. The Morgan fingerprint density at radius 2 is 2.17 bits per heavy atom. The van der Waals surface area contributed by atoms with Crippen molar-refractivity contribution in [2.24, 2.45) is 17.6 Å². The average Bonchev–Trinajstić information content (AvgIpc) is 3.08. The summed E-state index contributed by atoms with van der Waals surface area (Å²) < 4.78 is 5.87. The van der Waals surface area contributed by atoms with E-state index in [0.717, 1.165) is 24.4 Å². The molecule has 1 aromatic rings. The molecule has 1 aliphatic heterocycles. The summed E-state index contributed by atoms with van der Waals surface area (Å²) >= 11 is 0. The van der Waals surface area contributed by atoms with Crippen LogP contribution in [-0.4, -0.2) is 41.9 Å². The number of furan rings is 1. The molecule has 6 heteroatoms. The lowest BCUT2D eigenvalue weighted by Gasteiger charge is -2.32. The van der Waals surface area contributed by atoms with Crippen LogP contribution in [0.15, 0.2) is 16.5 Å². The van der Waals surface area contributed by atoms with Gasteiger partial charge < -0.3 is 20.0 Å². The summed E-state index contributed by atoms with van der Waals surface area (Å²) in [4.78, 5) is 27.1. The Balaban J connectivity index is 1.56. The summed E-state index contributed by atoms with van der Waals surface area (Å²) in [6, 6.07) is 3.54. The molecule has 2 fully saturated rings. The van der Waals surface area contributed by atoms with E-state index in [1.807, 2.05) is 12.1 Å². The molecule has 2 N–H and O–H groups in total. The fraction of sp³-hybridized carbons (Fsp3) is 0.647. The smallest absolute Gasteiger partial charge is 0.314 e. The summed E-state index contributed by atoms with van der Waals surface area (Å²) in [6.07, 6.45) is 2.81. The maximum Gasteiger partial charge on any atom is 0.314 e. The number of carbonyl (C=O) groups excluding carboxylic acids is 2. The van der Waals surface area contributed by atoms with Gasteiger partial charge in [-0.2, -0.15) is 0 Å². The van der Waals surface area contributed by atoms with Crippen LogP contribution in [0.3, 0.4) is 0 Å². The highest BCUT2D eigenvalue weighted by atomic mass is 16.3. The highest BCUT2D eigenvalue weighted by molar-refractivity contribution is 5.80. The fourth-order valence-electron chi connectivity index (χ4n) is 3.40. The minimum absolute atomic E-state index is 0.0497. The van der Waals surface area contributed by atoms with Crippen LogP contribution in [0.4, 0.5) is 4.79 Å². The first-order valence-corrected chi connectivity index (χ1v) is 8.33. The van der Waals surface area contributed by atoms with Crippen LogP contribution >= 0.6 is 0 Å². The largest absolute Gasteiger partial charge is 0.464 e. The maximum atomic E-state index is 12.6. The molecule has 6 nitrogen and oxygen atoms in total. The molecular formula is C17H25N3O3. The van der Waals surface area contributed by atoms with E-state index in [4.69, 9.17) is 10.2 Å². The van der Waals surface area contributed by atoms with Crippen LogP contribution < -0.4 is 5.73 Å². The molecule has 3 amide bonds. The molecular weight excluding hydrogens is 294 g/mol. The number of hydrogen-bond donors (Lipinski definition) is 1. The summed E-state index contributed by atoms with van der Waals surface area (Å²) in [6.45, 7) is 3.74. The third-order valence-corrected chi connectivity index (χ3v) is 5.01. The van der Waals surface area contributed by atoms with Crippen molar-refractivity contribution in [3.63, 3.8) is 0 Å². The SMILES string of the molecule is C[C@@H]1C[C@@H]1c1ccc(CN(C)C(=O)[C@H]2CCCN(C(N)=O)C2)o1. The van der Waals surface area contributed by atoms with Gasteiger partial charge in [-0.05, 0) is 37.3 Å². The van der Waals surface area contributed by atoms with E-state index in [-0.39, 0.29) is 11.8 Å². The topological polar surface area (TPSA) is 79.8 Å². The zero-order valence-electron chi connectivity index (χ0n) is 13.8. The Kier molecular flexibility index (Phi) is 4.33. The highest BCUT2D eigenvalue weighted by Crippen LogP contribution is 2.47. The van der Waals surface area contributed by atoms with Crippen molar-refractivity contribution in [3.05, 3.63) is 23.7 Å². The van der Waals surface area contributed by atoms with E-state index < -0.39 is 6.03 Å². The first kappa shape index (κ1) is 15.9. The summed E-state index contributed by atoms with van der Waals surface area (Å²) in [5, 5.41) is 0. The van der Waals surface area contributed by atoms with Crippen molar-refractivity contribution in [1.82, 2.24) is 9.80 Å². The number of nitrogens with two attached hydrogens (primary N) is 1. The Hall–Kier alpha value is -1.98. The van der Waals surface area contributed by atoms with Gasteiger partial charge in [-0.25, -0.2) is 4.79 Å². The molecule has 1 aromatic heterocycles. The Bertz CT molecular complexity index is 598. The highest BCUT2D eigenvalue weighted by Gasteiger charge is 2.36. The lowest BCUT2D eigenvalue weighted by molar-refractivity contribution is -0.136. The summed E-state index contributed by atoms with van der Waals surface area (Å²) in [5.41, 5.74) is 5.32. The molecule has 23 heavy (non-hydrogen) atoms. The molecule has 1 saturated carbocycles. The summed E-state index contributed by atoms with van der Waals surface area (Å²) in [5.74, 6) is 2.99. The van der Waals surface area contributed by atoms with E-state index in [1.165, 1.54) is 6.42 Å². The van der Waals surface area contributed by atoms with Crippen LogP contribution in [0, 0.1) is 11.8 Å². The monoisotopic (exact) mass is 319 g/mol. The van der Waals surface area contributed by atoms with Gasteiger partial charge in [0.2, 0.25) is 5.91 Å². The molecule has 1 aliphatic carbocycles. The fourth-order valence-corrected chi connectivity index (χ4v) is 3.40. The lowest BCUT2D eigenvalue weighted by Crippen LogP contribution is -2.47. The number of amides is 3. The molecule has 3 atom stereocenters. The predicted molar refractivity (Wildman–Crippen MR) is 85.6 cm³/mol. The second-order valence-corrected chi connectivity index (χ2v) is 6.94. The van der Waals surface area contributed by atoms with Gasteiger partial charge in [0.1, 0.15) is 11.5 Å². The van der Waals surface area contributed by atoms with Crippen molar-refractivity contribution in [2.45, 2.75) is 38.6 Å². The zero-order valence-corrected chi connectivity index (χ0v) is 13.8. The van der Waals surface area contributed by atoms with Gasteiger partial charge in [-0.3, -0.25) is 4.79 Å². The zero-order chi connectivity index (χ0) is 16.6. The molecule has 126 valence electrons. The molecule has 3 rings (SSSR count). The van der Waals surface area contributed by atoms with Crippen molar-refractivity contribution in [3.8, 4) is 0 Å². The number of hydrogen-bond acceptors (Lipinski definition) is 3. The van der Waals surface area contributed by atoms with E-state index in [0.29, 0.717) is 31.5 Å². The molecule has 2 heterocycles. The van der Waals surface area contributed by atoms with Crippen LogP contribution in [0.2, 0.25) is 0 Å². The molecule has 0 bridgehead atoms.